The lowest BCUT2D eigenvalue weighted by Crippen LogP contribution is -2.04. The van der Waals surface area contributed by atoms with Gasteiger partial charge in [0.1, 0.15) is 35.8 Å². The molecule has 25 aromatic rings. The number of nitriles is 4. The Balaban J connectivity index is 0.000000108. The molecule has 0 spiro atoms. The molecule has 0 fully saturated rings. The number of nitrogens with zero attached hydrogens (tertiary/aromatic N) is 16. The topological polar surface area (TPSA) is 218 Å². The third-order valence-electron chi connectivity index (χ3n) is 25.6. The second-order valence-corrected chi connectivity index (χ2v) is 34.7. The van der Waals surface area contributed by atoms with Gasteiger partial charge in [0.15, 0.2) is 11.6 Å². The zero-order valence-corrected chi connectivity index (χ0v) is 77.1. The summed E-state index contributed by atoms with van der Waals surface area (Å²) in [6, 6.07) is 147. The van der Waals surface area contributed by atoms with Gasteiger partial charge >= 0.3 is 0 Å². The zero-order chi connectivity index (χ0) is 95.2. The number of rotatable bonds is 14. The number of aryl methyl sites for hydroxylation is 1. The van der Waals surface area contributed by atoms with Crippen molar-refractivity contribution in [2.75, 3.05) is 6.26 Å². The summed E-state index contributed by atoms with van der Waals surface area (Å²) >= 11 is 1.74. The van der Waals surface area contributed by atoms with Gasteiger partial charge < -0.3 is 18.3 Å². The molecule has 25 rings (SSSR count). The van der Waals surface area contributed by atoms with Crippen LogP contribution in [0.4, 0.5) is 0 Å². The SMILES string of the molecule is CSc1ccc(-c2cccc(-c3ccncc3C#N)c2)c(-n2c3ccccc3c3ccccc32)c1.Cc1nc(-c2cnccc2C#N)nc(-c2ccccc2-n2c3ccccc3c3ccccc32)n1.N#Cc1cc(-c2cccc(-c3ccccc3-n3c4ccccc4c4ccccc43)c2)cc(-c2ccccc2)n1.N#Cc1cncc(-c2cncc(-c3ccccc3-n3c4ccccc4c4ccccc43)c2)c1. The summed E-state index contributed by atoms with van der Waals surface area (Å²) in [5.74, 6) is 1.56. The molecule has 0 aliphatic carbocycles. The van der Waals surface area contributed by atoms with Gasteiger partial charge in [0.05, 0.1) is 94.8 Å². The standard InChI is InChI=1S/C36H23N3.C31H21N3S.C29H18N4.C28H18N6/c37-24-29-22-28(23-33(38-29)25-11-2-1-3-12-25)26-13-10-14-27(21-26)30-15-4-7-18-34(30)39-35-19-8-5-16-31(35)32-17-6-9-20-36(32)39;1-35-24-13-14-26(22-8-6-7-21(17-22)25-15-16-33-20-23(25)19-32)31(18-24)34-29-11-4-2-9-27(29)28-10-3-5-12-30(28)34;30-15-20-13-21(17-31-16-20)22-14-23(19-32-18-22)24-7-1-4-10-27(24)33-28-11-5-2-8-25(28)26-9-3-6-12-29(26)33;1-18-31-27(33-28(32-18)23-17-30-15-14-19(23)16-29)22-10-4-7-13-26(22)34-24-11-5-2-8-20(24)21-9-3-6-12-25(21)34/h1-23H;2-18,20H,1H3;1-14,16-19H;2-15,17H,1H3. The fourth-order valence-electron chi connectivity index (χ4n) is 19.2. The number of hydrogen-bond donors (Lipinski definition) is 0. The van der Waals surface area contributed by atoms with Crippen LogP contribution in [0.5, 0.6) is 0 Å². The summed E-state index contributed by atoms with van der Waals surface area (Å²) in [6.07, 6.45) is 15.7. The first kappa shape index (κ1) is 86.9. The van der Waals surface area contributed by atoms with E-state index in [1.807, 2.05) is 86.0 Å². The van der Waals surface area contributed by atoms with Gasteiger partial charge in [-0.25, -0.2) is 19.9 Å². The van der Waals surface area contributed by atoms with E-state index in [4.69, 9.17) is 4.98 Å². The summed E-state index contributed by atoms with van der Waals surface area (Å²) in [5.41, 5.74) is 31.2. The van der Waals surface area contributed by atoms with Crippen molar-refractivity contribution in [3.63, 3.8) is 0 Å². The van der Waals surface area contributed by atoms with E-state index in [0.717, 1.165) is 117 Å². The molecule has 10 aromatic heterocycles. The highest BCUT2D eigenvalue weighted by atomic mass is 32.2. The van der Waals surface area contributed by atoms with Gasteiger partial charge in [0.25, 0.3) is 0 Å². The number of fused-ring (bicyclic) bond motifs is 12. The fraction of sp³-hybridized carbons (Fsp3) is 0.0161. The summed E-state index contributed by atoms with van der Waals surface area (Å²) in [5, 5.41) is 47.9. The van der Waals surface area contributed by atoms with Gasteiger partial charge in [-0.3, -0.25) is 19.9 Å². The molecule has 0 unspecified atom stereocenters. The lowest BCUT2D eigenvalue weighted by molar-refractivity contribution is 0.986. The summed E-state index contributed by atoms with van der Waals surface area (Å²) in [4.78, 5) is 36.8. The van der Waals surface area contributed by atoms with Crippen molar-refractivity contribution >= 4 is 99.0 Å². The van der Waals surface area contributed by atoms with Crippen molar-refractivity contribution in [3.8, 4) is 148 Å². The number of benzene rings is 15. The number of aromatic nitrogens is 12. The molecule has 0 saturated carbocycles. The van der Waals surface area contributed by atoms with Crippen LogP contribution in [-0.4, -0.2) is 64.4 Å². The molecule has 16 nitrogen and oxygen atoms in total. The number of thioether (sulfide) groups is 1. The highest BCUT2D eigenvalue weighted by molar-refractivity contribution is 7.98. The van der Waals surface area contributed by atoms with Gasteiger partial charge in [-0.2, -0.15) is 21.0 Å². The second-order valence-electron chi connectivity index (χ2n) is 33.8. The first-order valence-corrected chi connectivity index (χ1v) is 47.2. The van der Waals surface area contributed by atoms with E-state index in [1.54, 1.807) is 55.0 Å². The molecule has 0 saturated heterocycles. The second kappa shape index (κ2) is 38.5. The Morgan fingerprint density at radius 1 is 0.234 bits per heavy atom. The molecule has 0 aliphatic rings. The maximum atomic E-state index is 9.71. The van der Waals surface area contributed by atoms with Crippen LogP contribution in [-0.2, 0) is 0 Å². The van der Waals surface area contributed by atoms with Crippen LogP contribution in [0.25, 0.3) is 211 Å². The highest BCUT2D eigenvalue weighted by Gasteiger charge is 2.24. The highest BCUT2D eigenvalue weighted by Crippen LogP contribution is 2.45. The van der Waals surface area contributed by atoms with Crippen LogP contribution in [0.15, 0.2) is 455 Å². The Morgan fingerprint density at radius 2 is 0.617 bits per heavy atom. The van der Waals surface area contributed by atoms with Crippen LogP contribution in [0, 0.1) is 52.2 Å². The van der Waals surface area contributed by atoms with Crippen molar-refractivity contribution in [2.24, 2.45) is 0 Å². The quantitative estimate of drug-likeness (QED) is 0.0927. The third-order valence-corrected chi connectivity index (χ3v) is 26.3. The third kappa shape index (κ3) is 16.7. The van der Waals surface area contributed by atoms with E-state index in [1.165, 1.54) is 81.1 Å². The van der Waals surface area contributed by atoms with Crippen molar-refractivity contribution in [1.29, 1.82) is 21.0 Å². The normalized spacial score (nSPS) is 11.0. The molecule has 0 atom stereocenters. The van der Waals surface area contributed by atoms with Crippen LogP contribution >= 0.6 is 11.8 Å². The Labute approximate surface area is 816 Å². The minimum Gasteiger partial charge on any atom is -0.309 e. The first-order chi connectivity index (χ1) is 69.6. The molecular weight excluding hydrogens is 1750 g/mol. The smallest absolute Gasteiger partial charge is 0.166 e. The van der Waals surface area contributed by atoms with E-state index < -0.39 is 0 Å². The Hall–Kier alpha value is -19.4. The van der Waals surface area contributed by atoms with Crippen molar-refractivity contribution in [2.45, 2.75) is 11.8 Å². The minimum absolute atomic E-state index is 0.405. The molecule has 0 bridgehead atoms. The van der Waals surface area contributed by atoms with Crippen LogP contribution < -0.4 is 0 Å². The van der Waals surface area contributed by atoms with Gasteiger partial charge in [-0.15, -0.1) is 11.8 Å². The largest absolute Gasteiger partial charge is 0.309 e. The van der Waals surface area contributed by atoms with Gasteiger partial charge in [-0.1, -0.05) is 267 Å². The summed E-state index contributed by atoms with van der Waals surface area (Å²) in [7, 11) is 0. The van der Waals surface area contributed by atoms with E-state index in [2.05, 4.69) is 411 Å². The summed E-state index contributed by atoms with van der Waals surface area (Å²) in [6.45, 7) is 1.83. The monoisotopic (exact) mass is 1820 g/mol. The van der Waals surface area contributed by atoms with Crippen LogP contribution in [0.1, 0.15) is 28.2 Å². The van der Waals surface area contributed by atoms with Crippen LogP contribution in [0.2, 0.25) is 0 Å². The fourth-order valence-corrected chi connectivity index (χ4v) is 19.7. The average molecular weight is 1830 g/mol. The lowest BCUT2D eigenvalue weighted by Gasteiger charge is -2.16. The number of pyridine rings is 5. The minimum atomic E-state index is 0.405. The Kier molecular flexibility index (Phi) is 23.7. The maximum absolute atomic E-state index is 9.71. The van der Waals surface area contributed by atoms with Crippen molar-refractivity contribution in [1.82, 2.24) is 58.1 Å². The Morgan fingerprint density at radius 3 is 1.11 bits per heavy atom. The maximum Gasteiger partial charge on any atom is 0.166 e. The number of para-hydroxylation sites is 11. The van der Waals surface area contributed by atoms with Gasteiger partial charge in [0, 0.05) is 148 Å². The predicted molar refractivity (Wildman–Crippen MR) is 570 cm³/mol. The van der Waals surface area contributed by atoms with E-state index >= 15 is 0 Å². The Bertz CT molecular complexity index is 9150. The van der Waals surface area contributed by atoms with Gasteiger partial charge in [-0.05, 0) is 174 Å². The molecule has 10 heterocycles. The first-order valence-electron chi connectivity index (χ1n) is 46.0. The number of hydrogen-bond acceptors (Lipinski definition) is 13. The van der Waals surface area contributed by atoms with Crippen LogP contribution in [0.3, 0.4) is 0 Å². The van der Waals surface area contributed by atoms with Crippen molar-refractivity contribution in [3.05, 3.63) is 478 Å². The van der Waals surface area contributed by atoms with E-state index in [-0.39, 0.29) is 0 Å². The summed E-state index contributed by atoms with van der Waals surface area (Å²) < 4.78 is 9.31. The molecule has 662 valence electrons. The average Bonchev–Trinajstić information content (AvgIpc) is 1.61. The molecular formula is C124H80N16S. The molecule has 0 aliphatic heterocycles. The molecule has 15 aromatic carbocycles. The molecule has 0 radical (unpaired) electrons. The van der Waals surface area contributed by atoms with Gasteiger partial charge in [0.2, 0.25) is 0 Å². The van der Waals surface area contributed by atoms with E-state index in [0.29, 0.717) is 45.4 Å². The van der Waals surface area contributed by atoms with Crippen molar-refractivity contribution < 1.29 is 0 Å². The molecule has 17 heteroatoms. The molecule has 141 heavy (non-hydrogen) atoms. The zero-order valence-electron chi connectivity index (χ0n) is 76.3. The molecule has 0 amide bonds. The lowest BCUT2D eigenvalue weighted by atomic mass is 9.96. The molecule has 0 N–H and O–H groups in total. The predicted octanol–water partition coefficient (Wildman–Crippen LogP) is 29.8. The van der Waals surface area contributed by atoms with E-state index in [9.17, 15) is 21.0 Å².